The van der Waals surface area contributed by atoms with Crippen LogP contribution in [0, 0.1) is 0 Å². The molecule has 2 rings (SSSR count). The molecule has 2 aromatic rings. The van der Waals surface area contributed by atoms with Gasteiger partial charge in [0.2, 0.25) is 0 Å². The molecule has 0 atom stereocenters. The first-order chi connectivity index (χ1) is 8.47. The van der Waals surface area contributed by atoms with Crippen LogP contribution in [-0.4, -0.2) is 8.42 Å². The van der Waals surface area contributed by atoms with Crippen LogP contribution in [0.2, 0.25) is 5.02 Å². The molecule has 0 fully saturated rings. The van der Waals surface area contributed by atoms with Crippen molar-refractivity contribution in [3.05, 3.63) is 64.7 Å². The molecule has 0 spiro atoms. The summed E-state index contributed by atoms with van der Waals surface area (Å²) in [6.07, 6.45) is 0.569. The van der Waals surface area contributed by atoms with Crippen molar-refractivity contribution < 1.29 is 8.42 Å². The molecule has 0 aromatic heterocycles. The van der Waals surface area contributed by atoms with E-state index in [4.69, 9.17) is 22.3 Å². The highest BCUT2D eigenvalue weighted by atomic mass is 35.7. The average Bonchev–Trinajstić information content (AvgIpc) is 2.32. The molecule has 0 N–H and O–H groups in total. The highest BCUT2D eigenvalue weighted by molar-refractivity contribution is 8.13. The smallest absolute Gasteiger partial charge is 0.207 e. The Balaban J connectivity index is 2.39. The van der Waals surface area contributed by atoms with Crippen molar-refractivity contribution in [1.29, 1.82) is 0 Å². The molecular weight excluding hydrogens is 291 g/mol. The number of benzene rings is 2. The average molecular weight is 301 g/mol. The molecule has 0 saturated carbocycles. The minimum atomic E-state index is -3.72. The van der Waals surface area contributed by atoms with Crippen molar-refractivity contribution in [1.82, 2.24) is 0 Å². The SMILES string of the molecule is O=S(=O)(Cl)c1ccc(Cl)c(Cc2ccccc2)c1. The van der Waals surface area contributed by atoms with Gasteiger partial charge in [-0.05, 0) is 35.7 Å². The van der Waals surface area contributed by atoms with Crippen molar-refractivity contribution in [3.63, 3.8) is 0 Å². The van der Waals surface area contributed by atoms with E-state index in [9.17, 15) is 8.42 Å². The molecule has 0 aliphatic carbocycles. The van der Waals surface area contributed by atoms with Gasteiger partial charge in [0.25, 0.3) is 9.05 Å². The quantitative estimate of drug-likeness (QED) is 0.807. The van der Waals surface area contributed by atoms with Gasteiger partial charge in [0.1, 0.15) is 0 Å². The molecule has 0 amide bonds. The lowest BCUT2D eigenvalue weighted by Gasteiger charge is -2.06. The third kappa shape index (κ3) is 3.25. The molecule has 0 aliphatic rings. The monoisotopic (exact) mass is 300 g/mol. The molecule has 94 valence electrons. The Labute approximate surface area is 116 Å². The van der Waals surface area contributed by atoms with Gasteiger partial charge in [-0.15, -0.1) is 0 Å². The van der Waals surface area contributed by atoms with Crippen molar-refractivity contribution in [2.75, 3.05) is 0 Å². The van der Waals surface area contributed by atoms with Gasteiger partial charge in [0.05, 0.1) is 4.90 Å². The number of hydrogen-bond donors (Lipinski definition) is 0. The summed E-state index contributed by atoms with van der Waals surface area (Å²) >= 11 is 6.06. The van der Waals surface area contributed by atoms with Gasteiger partial charge < -0.3 is 0 Å². The van der Waals surface area contributed by atoms with Gasteiger partial charge in [-0.3, -0.25) is 0 Å². The first-order valence-electron chi connectivity index (χ1n) is 5.24. The van der Waals surface area contributed by atoms with Crippen LogP contribution in [0.4, 0.5) is 0 Å². The van der Waals surface area contributed by atoms with Crippen LogP contribution in [0.25, 0.3) is 0 Å². The summed E-state index contributed by atoms with van der Waals surface area (Å²) in [4.78, 5) is 0.0690. The van der Waals surface area contributed by atoms with Crippen LogP contribution in [-0.2, 0) is 15.5 Å². The van der Waals surface area contributed by atoms with Crippen molar-refractivity contribution >= 4 is 31.3 Å². The van der Waals surface area contributed by atoms with Crippen LogP contribution in [0.1, 0.15) is 11.1 Å². The molecule has 0 radical (unpaired) electrons. The van der Waals surface area contributed by atoms with E-state index < -0.39 is 9.05 Å². The largest absolute Gasteiger partial charge is 0.261 e. The lowest BCUT2D eigenvalue weighted by atomic mass is 10.1. The molecular formula is C13H10Cl2O2S. The molecule has 0 unspecified atom stereocenters. The number of halogens is 2. The summed E-state index contributed by atoms with van der Waals surface area (Å²) in [5.74, 6) is 0. The first kappa shape index (κ1) is 13.4. The lowest BCUT2D eigenvalue weighted by Crippen LogP contribution is -1.95. The second kappa shape index (κ2) is 5.31. The van der Waals surface area contributed by atoms with E-state index in [0.29, 0.717) is 11.4 Å². The standard InChI is InChI=1S/C13H10Cl2O2S/c14-13-7-6-12(18(15,16)17)9-11(13)8-10-4-2-1-3-5-10/h1-7,9H,8H2. The molecule has 0 bridgehead atoms. The van der Waals surface area contributed by atoms with E-state index in [1.165, 1.54) is 12.1 Å². The van der Waals surface area contributed by atoms with E-state index in [2.05, 4.69) is 0 Å². The molecule has 0 heterocycles. The molecule has 5 heteroatoms. The zero-order chi connectivity index (χ0) is 13.2. The van der Waals surface area contributed by atoms with E-state index in [0.717, 1.165) is 11.1 Å². The fraction of sp³-hybridized carbons (Fsp3) is 0.0769. The Kier molecular flexibility index (Phi) is 3.95. The summed E-state index contributed by atoms with van der Waals surface area (Å²) in [5.41, 5.74) is 1.80. The summed E-state index contributed by atoms with van der Waals surface area (Å²) in [5, 5.41) is 0.530. The Morgan fingerprint density at radius 3 is 2.28 bits per heavy atom. The summed E-state index contributed by atoms with van der Waals surface area (Å²) in [7, 11) is 1.59. The first-order valence-corrected chi connectivity index (χ1v) is 7.92. The zero-order valence-corrected chi connectivity index (χ0v) is 11.6. The molecule has 18 heavy (non-hydrogen) atoms. The summed E-state index contributed by atoms with van der Waals surface area (Å²) < 4.78 is 22.5. The minimum absolute atomic E-state index is 0.0690. The van der Waals surface area contributed by atoms with E-state index in [1.54, 1.807) is 6.07 Å². The van der Waals surface area contributed by atoms with Gasteiger partial charge in [0.15, 0.2) is 0 Å². The van der Waals surface area contributed by atoms with Crippen molar-refractivity contribution in [2.24, 2.45) is 0 Å². The van der Waals surface area contributed by atoms with Crippen molar-refractivity contribution in [3.8, 4) is 0 Å². The molecule has 2 aromatic carbocycles. The number of rotatable bonds is 3. The maximum absolute atomic E-state index is 11.3. The fourth-order valence-corrected chi connectivity index (χ4v) is 2.64. The Hall–Kier alpha value is -1.03. The molecule has 0 saturated heterocycles. The number of hydrogen-bond acceptors (Lipinski definition) is 2. The Morgan fingerprint density at radius 1 is 1.00 bits per heavy atom. The fourth-order valence-electron chi connectivity index (χ4n) is 1.65. The predicted molar refractivity (Wildman–Crippen MR) is 73.7 cm³/mol. The third-order valence-electron chi connectivity index (χ3n) is 2.54. The zero-order valence-electron chi connectivity index (χ0n) is 9.31. The second-order valence-corrected chi connectivity index (χ2v) is 6.83. The van der Waals surface area contributed by atoms with Crippen LogP contribution >= 0.6 is 22.3 Å². The normalized spacial score (nSPS) is 11.4. The maximum atomic E-state index is 11.3. The summed E-state index contributed by atoms with van der Waals surface area (Å²) in [6, 6.07) is 14.1. The van der Waals surface area contributed by atoms with E-state index in [1.807, 2.05) is 30.3 Å². The van der Waals surface area contributed by atoms with Gasteiger partial charge >= 0.3 is 0 Å². The van der Waals surface area contributed by atoms with Gasteiger partial charge in [-0.25, -0.2) is 8.42 Å². The van der Waals surface area contributed by atoms with Crippen molar-refractivity contribution in [2.45, 2.75) is 11.3 Å². The van der Waals surface area contributed by atoms with Crippen LogP contribution in [0.5, 0.6) is 0 Å². The van der Waals surface area contributed by atoms with Gasteiger partial charge in [-0.2, -0.15) is 0 Å². The highest BCUT2D eigenvalue weighted by Crippen LogP contribution is 2.24. The summed E-state index contributed by atoms with van der Waals surface area (Å²) in [6.45, 7) is 0. The predicted octanol–water partition coefficient (Wildman–Crippen LogP) is 3.86. The second-order valence-electron chi connectivity index (χ2n) is 3.85. The van der Waals surface area contributed by atoms with Gasteiger partial charge in [-0.1, -0.05) is 41.9 Å². The highest BCUT2D eigenvalue weighted by Gasteiger charge is 2.12. The van der Waals surface area contributed by atoms with Crippen LogP contribution in [0.15, 0.2) is 53.4 Å². The topological polar surface area (TPSA) is 34.1 Å². The van der Waals surface area contributed by atoms with E-state index in [-0.39, 0.29) is 4.90 Å². The van der Waals surface area contributed by atoms with E-state index >= 15 is 0 Å². The lowest BCUT2D eigenvalue weighted by molar-refractivity contribution is 0.609. The molecule has 2 nitrogen and oxygen atoms in total. The molecule has 0 aliphatic heterocycles. The van der Waals surface area contributed by atoms with Crippen LogP contribution in [0.3, 0.4) is 0 Å². The maximum Gasteiger partial charge on any atom is 0.261 e. The third-order valence-corrected chi connectivity index (χ3v) is 4.26. The van der Waals surface area contributed by atoms with Gasteiger partial charge in [0, 0.05) is 15.7 Å². The Bertz CT molecular complexity index is 652. The van der Waals surface area contributed by atoms with Crippen LogP contribution < -0.4 is 0 Å². The minimum Gasteiger partial charge on any atom is -0.207 e. The Morgan fingerprint density at radius 2 is 1.67 bits per heavy atom.